The molecule has 0 aliphatic heterocycles. The molecule has 0 unspecified atom stereocenters. The van der Waals surface area contributed by atoms with Gasteiger partial charge in [-0.15, -0.1) is 5.10 Å². The number of nitrogens with one attached hydrogen (secondary N) is 1. The summed E-state index contributed by atoms with van der Waals surface area (Å²) in [6, 6.07) is 8.23. The van der Waals surface area contributed by atoms with Crippen molar-refractivity contribution in [3.8, 4) is 0 Å². The summed E-state index contributed by atoms with van der Waals surface area (Å²) >= 11 is 0. The SMILES string of the molecule is CC[C@@H]1C[C@H](NS(=O)(=O)C2CC2)C[C@@H]1n1nnc2cnc3c(ccn3S(=O)(=O)c3ccc(C)cc3)c21. The van der Waals surface area contributed by atoms with E-state index < -0.39 is 20.0 Å². The van der Waals surface area contributed by atoms with Gasteiger partial charge in [0.05, 0.1) is 22.4 Å². The van der Waals surface area contributed by atoms with Crippen molar-refractivity contribution in [3.63, 3.8) is 0 Å². The number of benzene rings is 1. The number of aromatic nitrogens is 5. The van der Waals surface area contributed by atoms with Gasteiger partial charge in [-0.05, 0) is 56.7 Å². The first-order chi connectivity index (χ1) is 17.2. The number of fused-ring (bicyclic) bond motifs is 3. The molecule has 0 bridgehead atoms. The first kappa shape index (κ1) is 23.6. The molecule has 2 saturated carbocycles. The lowest BCUT2D eigenvalue weighted by molar-refractivity contribution is 0.346. The van der Waals surface area contributed by atoms with Crippen molar-refractivity contribution in [2.45, 2.75) is 68.2 Å². The summed E-state index contributed by atoms with van der Waals surface area (Å²) in [7, 11) is -7.13. The van der Waals surface area contributed by atoms with Gasteiger partial charge in [-0.1, -0.05) is 36.3 Å². The average Bonchev–Trinajstić information content (AvgIpc) is 3.31. The Hall–Kier alpha value is -2.83. The zero-order valence-electron chi connectivity index (χ0n) is 20.1. The number of pyridine rings is 1. The molecule has 10 nitrogen and oxygen atoms in total. The van der Waals surface area contributed by atoms with Crippen LogP contribution in [0.25, 0.3) is 22.1 Å². The molecule has 4 aromatic rings. The lowest BCUT2D eigenvalue weighted by atomic mass is 10.0. The third kappa shape index (κ3) is 3.82. The van der Waals surface area contributed by atoms with E-state index in [9.17, 15) is 16.8 Å². The van der Waals surface area contributed by atoms with Gasteiger partial charge in [0.2, 0.25) is 10.0 Å². The maximum Gasteiger partial charge on any atom is 0.269 e. The summed E-state index contributed by atoms with van der Waals surface area (Å²) in [5.74, 6) is 0.211. The molecule has 3 atom stereocenters. The maximum absolute atomic E-state index is 13.4. The predicted molar refractivity (Wildman–Crippen MR) is 135 cm³/mol. The minimum Gasteiger partial charge on any atom is -0.240 e. The van der Waals surface area contributed by atoms with Crippen LogP contribution in [0.5, 0.6) is 0 Å². The fourth-order valence-corrected chi connectivity index (χ4v) is 8.30. The molecule has 3 heterocycles. The van der Waals surface area contributed by atoms with Gasteiger partial charge in [-0.25, -0.2) is 35.2 Å². The van der Waals surface area contributed by atoms with Crippen molar-refractivity contribution in [1.82, 2.24) is 28.7 Å². The molecular weight excluding hydrogens is 500 g/mol. The summed E-state index contributed by atoms with van der Waals surface area (Å²) in [4.78, 5) is 4.61. The highest BCUT2D eigenvalue weighted by Crippen LogP contribution is 2.41. The number of rotatable bonds is 7. The van der Waals surface area contributed by atoms with Crippen molar-refractivity contribution in [2.75, 3.05) is 0 Å². The molecule has 1 aromatic carbocycles. The smallest absolute Gasteiger partial charge is 0.240 e. The van der Waals surface area contributed by atoms with Crippen LogP contribution in [0.2, 0.25) is 0 Å². The fraction of sp³-hybridized carbons (Fsp3) is 0.458. The molecule has 2 aliphatic rings. The Kier molecular flexibility index (Phi) is 5.47. The molecule has 3 aromatic heterocycles. The molecule has 36 heavy (non-hydrogen) atoms. The van der Waals surface area contributed by atoms with Crippen LogP contribution in [0.3, 0.4) is 0 Å². The molecule has 1 N–H and O–H groups in total. The highest BCUT2D eigenvalue weighted by molar-refractivity contribution is 7.90. The summed E-state index contributed by atoms with van der Waals surface area (Å²) in [6.45, 7) is 4.00. The quantitative estimate of drug-likeness (QED) is 0.390. The molecule has 6 rings (SSSR count). The molecule has 2 fully saturated rings. The van der Waals surface area contributed by atoms with Gasteiger partial charge in [-0.3, -0.25) is 0 Å². The van der Waals surface area contributed by atoms with Crippen LogP contribution in [-0.2, 0) is 20.0 Å². The van der Waals surface area contributed by atoms with Crippen LogP contribution < -0.4 is 4.72 Å². The monoisotopic (exact) mass is 528 g/mol. The summed E-state index contributed by atoms with van der Waals surface area (Å²) < 4.78 is 57.8. The maximum atomic E-state index is 13.4. The minimum absolute atomic E-state index is 0.0606. The predicted octanol–water partition coefficient (Wildman–Crippen LogP) is 3.14. The van der Waals surface area contributed by atoms with Crippen LogP contribution in [0.15, 0.2) is 47.6 Å². The largest absolute Gasteiger partial charge is 0.269 e. The lowest BCUT2D eigenvalue weighted by Gasteiger charge is -2.18. The van der Waals surface area contributed by atoms with Crippen molar-refractivity contribution >= 4 is 42.1 Å². The molecule has 0 radical (unpaired) electrons. The van der Waals surface area contributed by atoms with E-state index in [2.05, 4.69) is 26.9 Å². The number of hydrogen-bond donors (Lipinski definition) is 1. The Morgan fingerprint density at radius 3 is 2.50 bits per heavy atom. The Labute approximate surface area is 209 Å². The topological polar surface area (TPSA) is 129 Å². The zero-order valence-corrected chi connectivity index (χ0v) is 21.7. The minimum atomic E-state index is -3.84. The molecular formula is C24H28N6O4S2. The van der Waals surface area contributed by atoms with Gasteiger partial charge in [0.1, 0.15) is 11.0 Å². The van der Waals surface area contributed by atoms with E-state index in [1.54, 1.807) is 36.5 Å². The Morgan fingerprint density at radius 2 is 1.81 bits per heavy atom. The van der Waals surface area contributed by atoms with E-state index in [0.29, 0.717) is 28.5 Å². The molecule has 0 spiro atoms. The third-order valence-corrected chi connectivity index (χ3v) is 11.2. The van der Waals surface area contributed by atoms with Crippen molar-refractivity contribution < 1.29 is 16.8 Å². The number of aryl methyl sites for hydroxylation is 1. The van der Waals surface area contributed by atoms with Crippen molar-refractivity contribution in [2.24, 2.45) is 5.92 Å². The van der Waals surface area contributed by atoms with Gasteiger partial charge in [0.15, 0.2) is 5.65 Å². The molecule has 190 valence electrons. The second-order valence-corrected chi connectivity index (χ2v) is 13.8. The van der Waals surface area contributed by atoms with Crippen LogP contribution in [0.4, 0.5) is 0 Å². The van der Waals surface area contributed by atoms with Gasteiger partial charge >= 0.3 is 0 Å². The number of nitrogens with zero attached hydrogens (tertiary/aromatic N) is 5. The lowest BCUT2D eigenvalue weighted by Crippen LogP contribution is -2.35. The highest BCUT2D eigenvalue weighted by atomic mass is 32.2. The van der Waals surface area contributed by atoms with Crippen LogP contribution in [0.1, 0.15) is 50.6 Å². The second-order valence-electron chi connectivity index (χ2n) is 9.96. The summed E-state index contributed by atoms with van der Waals surface area (Å²) in [6.07, 6.45) is 6.72. The van der Waals surface area contributed by atoms with Crippen molar-refractivity contribution in [1.29, 1.82) is 0 Å². The van der Waals surface area contributed by atoms with Gasteiger partial charge in [0, 0.05) is 17.6 Å². The van der Waals surface area contributed by atoms with Gasteiger partial charge < -0.3 is 0 Å². The standard InChI is InChI=1S/C24H28N6O4S2/c1-3-16-12-17(27-35(31,32)18-8-9-18)13-22(16)30-23-20-10-11-29(24(20)25-14-21(23)26-28-30)36(33,34)19-6-4-15(2)5-7-19/h4-7,10-11,14,16-18,22,27H,3,8-9,12-13H2,1-2H3/t16-,17+,22+/m1/s1. The molecule has 2 aliphatic carbocycles. The van der Waals surface area contributed by atoms with E-state index in [1.807, 2.05) is 11.6 Å². The summed E-state index contributed by atoms with van der Waals surface area (Å²) in [5, 5.41) is 9.13. The van der Waals surface area contributed by atoms with E-state index >= 15 is 0 Å². The third-order valence-electron chi connectivity index (χ3n) is 7.48. The highest BCUT2D eigenvalue weighted by Gasteiger charge is 2.42. The summed E-state index contributed by atoms with van der Waals surface area (Å²) in [5.41, 5.74) is 2.57. The normalized spacial score (nSPS) is 23.1. The van der Waals surface area contributed by atoms with E-state index in [-0.39, 0.29) is 28.1 Å². The van der Waals surface area contributed by atoms with Gasteiger partial charge in [-0.2, -0.15) is 0 Å². The van der Waals surface area contributed by atoms with Crippen molar-refractivity contribution in [3.05, 3.63) is 48.3 Å². The van der Waals surface area contributed by atoms with E-state index in [0.717, 1.165) is 31.2 Å². The average molecular weight is 529 g/mol. The van der Waals surface area contributed by atoms with E-state index in [4.69, 9.17) is 0 Å². The Balaban J connectivity index is 1.40. The van der Waals surface area contributed by atoms with E-state index in [1.165, 1.54) is 10.2 Å². The Morgan fingerprint density at radius 1 is 1.06 bits per heavy atom. The first-order valence-corrected chi connectivity index (χ1v) is 15.2. The molecule has 0 amide bonds. The fourth-order valence-electron chi connectivity index (χ4n) is 5.39. The second kappa shape index (κ2) is 8.35. The Bertz CT molecular complexity index is 1670. The van der Waals surface area contributed by atoms with Gasteiger partial charge in [0.25, 0.3) is 10.0 Å². The zero-order chi connectivity index (χ0) is 25.2. The van der Waals surface area contributed by atoms with Crippen LogP contribution >= 0.6 is 0 Å². The molecule has 0 saturated heterocycles. The number of hydrogen-bond acceptors (Lipinski definition) is 7. The van der Waals surface area contributed by atoms with Crippen LogP contribution in [-0.4, -0.2) is 52.1 Å². The molecule has 12 heteroatoms. The number of sulfonamides is 1. The first-order valence-electron chi connectivity index (χ1n) is 12.2. The van der Waals surface area contributed by atoms with Crippen LogP contribution in [0, 0.1) is 12.8 Å².